The first-order valence-corrected chi connectivity index (χ1v) is 15.0. The zero-order chi connectivity index (χ0) is 27.0. The van der Waals surface area contributed by atoms with Gasteiger partial charge in [0, 0.05) is 67.7 Å². The number of aromatic nitrogens is 2. The maximum atomic E-state index is 12.3. The SMILES string of the molecule is CCCN(CCC)c1cc(N/N=C/c2cn(S(C)(=O)=O)c3ccccc23)nc(OCCN2CCOCC2)c1. The van der Waals surface area contributed by atoms with Gasteiger partial charge < -0.3 is 14.4 Å². The van der Waals surface area contributed by atoms with Gasteiger partial charge in [0.25, 0.3) is 0 Å². The maximum absolute atomic E-state index is 12.3. The molecule has 1 saturated heterocycles. The maximum Gasteiger partial charge on any atom is 0.236 e. The molecule has 0 aliphatic carbocycles. The number of rotatable bonds is 13. The fraction of sp³-hybridized carbons (Fsp3) is 0.481. The molecule has 2 aromatic heterocycles. The quantitative estimate of drug-likeness (QED) is 0.258. The van der Waals surface area contributed by atoms with Crippen molar-refractivity contribution >= 4 is 38.6 Å². The van der Waals surface area contributed by atoms with Gasteiger partial charge in [-0.15, -0.1) is 0 Å². The standard InChI is InChI=1S/C27H38N6O4S/c1-4-10-32(11-5-2)23-18-26(29-27(19-23)37-17-14-31-12-15-36-16-13-31)30-28-20-22-21-33(38(3,34)35)25-9-7-6-8-24(22)25/h6-9,18-21H,4-5,10-17H2,1-3H3,(H,29,30)/b28-20+. The number of fused-ring (bicyclic) bond motifs is 1. The summed E-state index contributed by atoms with van der Waals surface area (Å²) in [5.74, 6) is 1.10. The molecule has 0 amide bonds. The van der Waals surface area contributed by atoms with Crippen molar-refractivity contribution in [1.82, 2.24) is 13.9 Å². The average molecular weight is 543 g/mol. The highest BCUT2D eigenvalue weighted by molar-refractivity contribution is 7.89. The molecule has 1 aromatic carbocycles. The van der Waals surface area contributed by atoms with E-state index in [1.807, 2.05) is 30.3 Å². The second kappa shape index (κ2) is 13.1. The van der Waals surface area contributed by atoms with E-state index in [9.17, 15) is 8.42 Å². The lowest BCUT2D eigenvalue weighted by Gasteiger charge is -2.26. The van der Waals surface area contributed by atoms with Gasteiger partial charge in [-0.1, -0.05) is 32.0 Å². The normalized spacial score (nSPS) is 14.8. The molecule has 38 heavy (non-hydrogen) atoms. The Kier molecular flexibility index (Phi) is 9.59. The first kappa shape index (κ1) is 27.9. The summed E-state index contributed by atoms with van der Waals surface area (Å²) in [4.78, 5) is 9.29. The van der Waals surface area contributed by atoms with E-state index in [0.29, 0.717) is 29.4 Å². The molecule has 0 spiro atoms. The fourth-order valence-electron chi connectivity index (χ4n) is 4.54. The number of para-hydroxylation sites is 1. The van der Waals surface area contributed by atoms with Crippen LogP contribution in [0, 0.1) is 0 Å². The van der Waals surface area contributed by atoms with Crippen LogP contribution in [0.3, 0.4) is 0 Å². The zero-order valence-electron chi connectivity index (χ0n) is 22.5. The first-order chi connectivity index (χ1) is 18.4. The Morgan fingerprint density at radius 1 is 1.16 bits per heavy atom. The van der Waals surface area contributed by atoms with Crippen molar-refractivity contribution in [3.63, 3.8) is 0 Å². The molecule has 0 saturated carbocycles. The molecule has 0 bridgehead atoms. The molecule has 1 N–H and O–H groups in total. The van der Waals surface area contributed by atoms with Crippen LogP contribution in [0.15, 0.2) is 47.7 Å². The monoisotopic (exact) mass is 542 g/mol. The van der Waals surface area contributed by atoms with Crippen molar-refractivity contribution in [2.24, 2.45) is 5.10 Å². The van der Waals surface area contributed by atoms with Crippen molar-refractivity contribution in [3.05, 3.63) is 48.2 Å². The Balaban J connectivity index is 1.55. The van der Waals surface area contributed by atoms with Gasteiger partial charge in [0.15, 0.2) is 5.82 Å². The van der Waals surface area contributed by atoms with Crippen LogP contribution in [0.5, 0.6) is 5.88 Å². The minimum atomic E-state index is -3.44. The molecule has 10 nitrogen and oxygen atoms in total. The predicted octanol–water partition coefficient (Wildman–Crippen LogP) is 3.63. The second-order valence-corrected chi connectivity index (χ2v) is 11.2. The molecule has 3 heterocycles. The lowest BCUT2D eigenvalue weighted by molar-refractivity contribution is 0.0320. The molecule has 0 atom stereocenters. The van der Waals surface area contributed by atoms with Crippen LogP contribution in [-0.2, 0) is 14.8 Å². The number of hydrogen-bond donors (Lipinski definition) is 1. The summed E-state index contributed by atoms with van der Waals surface area (Å²) in [6, 6.07) is 11.3. The minimum absolute atomic E-state index is 0.533. The van der Waals surface area contributed by atoms with Crippen molar-refractivity contribution in [2.75, 3.05) is 69.1 Å². The van der Waals surface area contributed by atoms with E-state index in [-0.39, 0.29) is 0 Å². The summed E-state index contributed by atoms with van der Waals surface area (Å²) in [7, 11) is -3.44. The average Bonchev–Trinajstić information content (AvgIpc) is 3.28. The van der Waals surface area contributed by atoms with E-state index >= 15 is 0 Å². The highest BCUT2D eigenvalue weighted by atomic mass is 32.2. The van der Waals surface area contributed by atoms with Gasteiger partial charge in [-0.05, 0) is 18.9 Å². The number of benzene rings is 1. The van der Waals surface area contributed by atoms with Gasteiger partial charge in [-0.2, -0.15) is 10.1 Å². The number of anilines is 2. The molecule has 3 aromatic rings. The molecule has 1 aliphatic heterocycles. The summed E-state index contributed by atoms with van der Waals surface area (Å²) < 4.78 is 37.3. The molecule has 0 radical (unpaired) electrons. The van der Waals surface area contributed by atoms with Crippen molar-refractivity contribution in [2.45, 2.75) is 26.7 Å². The first-order valence-electron chi connectivity index (χ1n) is 13.2. The lowest BCUT2D eigenvalue weighted by atomic mass is 10.2. The Morgan fingerprint density at radius 3 is 2.61 bits per heavy atom. The van der Waals surface area contributed by atoms with E-state index < -0.39 is 10.0 Å². The summed E-state index contributed by atoms with van der Waals surface area (Å²) in [6.07, 6.45) is 6.45. The van der Waals surface area contributed by atoms with E-state index in [4.69, 9.17) is 9.47 Å². The van der Waals surface area contributed by atoms with Crippen molar-refractivity contribution < 1.29 is 17.9 Å². The number of ether oxygens (including phenoxy) is 2. The van der Waals surface area contributed by atoms with E-state index in [1.165, 1.54) is 10.2 Å². The van der Waals surface area contributed by atoms with Gasteiger partial charge in [-0.25, -0.2) is 12.4 Å². The number of nitrogens with one attached hydrogen (secondary N) is 1. The molecule has 11 heteroatoms. The van der Waals surface area contributed by atoms with Crippen molar-refractivity contribution in [3.8, 4) is 5.88 Å². The Morgan fingerprint density at radius 2 is 1.89 bits per heavy atom. The number of hydrogen-bond acceptors (Lipinski definition) is 9. The van der Waals surface area contributed by atoms with Gasteiger partial charge >= 0.3 is 0 Å². The van der Waals surface area contributed by atoms with Crippen LogP contribution >= 0.6 is 0 Å². The minimum Gasteiger partial charge on any atom is -0.476 e. The molecule has 0 unspecified atom stereocenters. The van der Waals surface area contributed by atoms with Gasteiger partial charge in [0.1, 0.15) is 6.61 Å². The second-order valence-electron chi connectivity index (χ2n) is 9.37. The van der Waals surface area contributed by atoms with Crippen molar-refractivity contribution in [1.29, 1.82) is 0 Å². The van der Waals surface area contributed by atoms with Gasteiger partial charge in [0.2, 0.25) is 15.9 Å². The van der Waals surface area contributed by atoms with Crippen LogP contribution in [0.1, 0.15) is 32.3 Å². The van der Waals surface area contributed by atoms with Crippen LogP contribution in [0.25, 0.3) is 10.9 Å². The number of pyridine rings is 1. The molecule has 1 aliphatic rings. The van der Waals surface area contributed by atoms with Crippen LogP contribution in [-0.4, -0.2) is 87.3 Å². The highest BCUT2D eigenvalue weighted by Gasteiger charge is 2.15. The van der Waals surface area contributed by atoms with E-state index in [0.717, 1.165) is 69.9 Å². The lowest BCUT2D eigenvalue weighted by Crippen LogP contribution is -2.38. The van der Waals surface area contributed by atoms with Crippen LogP contribution in [0.4, 0.5) is 11.5 Å². The molecule has 206 valence electrons. The molecule has 1 fully saturated rings. The largest absolute Gasteiger partial charge is 0.476 e. The van der Waals surface area contributed by atoms with Crippen LogP contribution in [0.2, 0.25) is 0 Å². The number of hydrazone groups is 1. The van der Waals surface area contributed by atoms with E-state index in [2.05, 4.69) is 39.2 Å². The van der Waals surface area contributed by atoms with Gasteiger partial charge in [0.05, 0.1) is 31.2 Å². The summed E-state index contributed by atoms with van der Waals surface area (Å²) in [5, 5.41) is 5.20. The summed E-state index contributed by atoms with van der Waals surface area (Å²) in [5.41, 5.74) is 5.36. The molecule has 4 rings (SSSR count). The third kappa shape index (κ3) is 7.24. The Hall–Kier alpha value is -3.15. The zero-order valence-corrected chi connectivity index (χ0v) is 23.3. The predicted molar refractivity (Wildman–Crippen MR) is 153 cm³/mol. The number of morpholine rings is 1. The number of nitrogens with zero attached hydrogens (tertiary/aromatic N) is 5. The Bertz CT molecular complexity index is 1330. The smallest absolute Gasteiger partial charge is 0.236 e. The Labute approximate surface area is 225 Å². The van der Waals surface area contributed by atoms with Gasteiger partial charge in [-0.3, -0.25) is 10.3 Å². The third-order valence-corrected chi connectivity index (χ3v) is 7.37. The molecular formula is C27H38N6O4S. The fourth-order valence-corrected chi connectivity index (χ4v) is 5.36. The van der Waals surface area contributed by atoms with Crippen LogP contribution < -0.4 is 15.1 Å². The summed E-state index contributed by atoms with van der Waals surface area (Å²) >= 11 is 0. The highest BCUT2D eigenvalue weighted by Crippen LogP contribution is 2.25. The van der Waals surface area contributed by atoms with E-state index in [1.54, 1.807) is 18.5 Å². The topological polar surface area (TPSA) is 101 Å². The summed E-state index contributed by atoms with van der Waals surface area (Å²) in [6.45, 7) is 10.9. The molecular weight excluding hydrogens is 504 g/mol. The third-order valence-electron chi connectivity index (χ3n) is 6.35.